The summed E-state index contributed by atoms with van der Waals surface area (Å²) in [7, 11) is -2.39. The monoisotopic (exact) mass is 432 g/mol. The first-order chi connectivity index (χ1) is 12.7. The first-order valence-corrected chi connectivity index (χ1v) is 10.2. The molecular formula is C17H25ClN4O5S. The molecule has 1 saturated carbocycles. The van der Waals surface area contributed by atoms with Crippen LogP contribution in [0.2, 0.25) is 0 Å². The van der Waals surface area contributed by atoms with Crippen molar-refractivity contribution in [3.05, 3.63) is 23.8 Å². The van der Waals surface area contributed by atoms with Crippen molar-refractivity contribution in [2.45, 2.75) is 55.1 Å². The van der Waals surface area contributed by atoms with E-state index in [9.17, 15) is 18.0 Å². The fourth-order valence-electron chi connectivity index (χ4n) is 3.50. The molecular weight excluding hydrogens is 408 g/mol. The SMILES string of the molecule is COc1ccc(S(=O)(=O)NC2CCC(N)CC2)cc1C1(C)NC(=O)NC1=O.Cl. The van der Waals surface area contributed by atoms with Crippen LogP contribution in [-0.2, 0) is 20.4 Å². The number of carbonyl (C=O) groups excluding carboxylic acids is 2. The number of sulfonamides is 1. The van der Waals surface area contributed by atoms with E-state index in [-0.39, 0.29) is 34.9 Å². The molecule has 3 rings (SSSR count). The largest absolute Gasteiger partial charge is 0.496 e. The van der Waals surface area contributed by atoms with Crippen LogP contribution in [0.4, 0.5) is 4.79 Å². The number of rotatable bonds is 5. The van der Waals surface area contributed by atoms with Gasteiger partial charge in [0, 0.05) is 17.6 Å². The van der Waals surface area contributed by atoms with Gasteiger partial charge >= 0.3 is 6.03 Å². The number of ether oxygens (including phenoxy) is 1. The third-order valence-corrected chi connectivity index (χ3v) is 6.68. The standard InChI is InChI=1S/C17H24N4O5S.ClH/c1-17(15(22)19-16(23)20-17)13-9-12(7-8-14(13)26-2)27(24,25)21-11-5-3-10(18)4-6-11;/h7-11,21H,3-6,18H2,1-2H3,(H2,19,20,22,23);1H. The molecule has 1 atom stereocenters. The second kappa shape index (κ2) is 8.24. The average Bonchev–Trinajstić information content (AvgIpc) is 2.89. The summed E-state index contributed by atoms with van der Waals surface area (Å²) >= 11 is 0. The van der Waals surface area contributed by atoms with Crippen molar-refractivity contribution in [2.75, 3.05) is 7.11 Å². The Bertz CT molecular complexity index is 870. The average molecular weight is 433 g/mol. The summed E-state index contributed by atoms with van der Waals surface area (Å²) in [4.78, 5) is 23.8. The molecule has 1 aliphatic heterocycles. The molecule has 1 aromatic carbocycles. The number of imide groups is 1. The molecule has 5 N–H and O–H groups in total. The Morgan fingerprint density at radius 1 is 1.21 bits per heavy atom. The molecule has 0 radical (unpaired) electrons. The third-order valence-electron chi connectivity index (χ3n) is 5.16. The molecule has 2 aliphatic rings. The van der Waals surface area contributed by atoms with E-state index < -0.39 is 27.5 Å². The highest BCUT2D eigenvalue weighted by molar-refractivity contribution is 7.89. The smallest absolute Gasteiger partial charge is 0.322 e. The summed E-state index contributed by atoms with van der Waals surface area (Å²) in [6.45, 7) is 1.50. The first kappa shape index (κ1) is 22.4. The quantitative estimate of drug-likeness (QED) is 0.505. The normalized spacial score (nSPS) is 27.5. The Hall–Kier alpha value is -1.88. The lowest BCUT2D eigenvalue weighted by molar-refractivity contribution is -0.123. The molecule has 156 valence electrons. The molecule has 2 fully saturated rings. The van der Waals surface area contributed by atoms with Crippen LogP contribution in [0.1, 0.15) is 38.2 Å². The van der Waals surface area contributed by atoms with Crippen LogP contribution in [0, 0.1) is 0 Å². The third kappa shape index (κ3) is 4.24. The molecule has 1 aliphatic carbocycles. The number of urea groups is 1. The summed E-state index contributed by atoms with van der Waals surface area (Å²) in [5, 5.41) is 4.69. The molecule has 1 heterocycles. The minimum absolute atomic E-state index is 0. The van der Waals surface area contributed by atoms with Crippen LogP contribution in [0.3, 0.4) is 0 Å². The van der Waals surface area contributed by atoms with Crippen molar-refractivity contribution < 1.29 is 22.7 Å². The fraction of sp³-hybridized carbons (Fsp3) is 0.529. The maximum atomic E-state index is 12.8. The molecule has 1 unspecified atom stereocenters. The number of halogens is 1. The zero-order valence-corrected chi connectivity index (χ0v) is 17.3. The van der Waals surface area contributed by atoms with Gasteiger partial charge in [-0.15, -0.1) is 12.4 Å². The van der Waals surface area contributed by atoms with Gasteiger partial charge in [0.2, 0.25) is 10.0 Å². The van der Waals surface area contributed by atoms with Gasteiger partial charge in [0.15, 0.2) is 0 Å². The topological polar surface area (TPSA) is 140 Å². The maximum Gasteiger partial charge on any atom is 0.322 e. The van der Waals surface area contributed by atoms with Crippen molar-refractivity contribution in [3.8, 4) is 5.75 Å². The number of methoxy groups -OCH3 is 1. The van der Waals surface area contributed by atoms with Crippen molar-refractivity contribution in [1.29, 1.82) is 0 Å². The summed E-state index contributed by atoms with van der Waals surface area (Å²) in [5.41, 5.74) is 4.71. The van der Waals surface area contributed by atoms with E-state index in [1.165, 1.54) is 32.2 Å². The van der Waals surface area contributed by atoms with Gasteiger partial charge < -0.3 is 15.8 Å². The lowest BCUT2D eigenvalue weighted by atomic mass is 9.91. The summed E-state index contributed by atoms with van der Waals surface area (Å²) in [6, 6.07) is 3.55. The van der Waals surface area contributed by atoms with Gasteiger partial charge in [-0.1, -0.05) is 0 Å². The van der Waals surface area contributed by atoms with E-state index in [1.807, 2.05) is 0 Å². The lowest BCUT2D eigenvalue weighted by Gasteiger charge is -2.27. The van der Waals surface area contributed by atoms with E-state index in [4.69, 9.17) is 10.5 Å². The predicted octanol–water partition coefficient (Wildman–Crippen LogP) is 0.720. The lowest BCUT2D eigenvalue weighted by Crippen LogP contribution is -2.42. The Morgan fingerprint density at radius 3 is 2.39 bits per heavy atom. The van der Waals surface area contributed by atoms with Gasteiger partial charge in [0.1, 0.15) is 11.3 Å². The van der Waals surface area contributed by atoms with E-state index in [0.29, 0.717) is 18.6 Å². The maximum absolute atomic E-state index is 12.8. The second-order valence-electron chi connectivity index (χ2n) is 7.13. The van der Waals surface area contributed by atoms with Crippen molar-refractivity contribution >= 4 is 34.4 Å². The molecule has 11 heteroatoms. The Morgan fingerprint density at radius 2 is 1.86 bits per heavy atom. The minimum atomic E-state index is -3.80. The second-order valence-corrected chi connectivity index (χ2v) is 8.84. The molecule has 0 bridgehead atoms. The number of hydrogen-bond acceptors (Lipinski definition) is 6. The molecule has 28 heavy (non-hydrogen) atoms. The van der Waals surface area contributed by atoms with Crippen molar-refractivity contribution in [1.82, 2.24) is 15.4 Å². The van der Waals surface area contributed by atoms with E-state index in [2.05, 4.69) is 15.4 Å². The van der Waals surface area contributed by atoms with Gasteiger partial charge in [-0.3, -0.25) is 10.1 Å². The molecule has 1 aromatic rings. The fourth-order valence-corrected chi connectivity index (χ4v) is 4.83. The van der Waals surface area contributed by atoms with Crippen molar-refractivity contribution in [3.63, 3.8) is 0 Å². The summed E-state index contributed by atoms with van der Waals surface area (Å²) in [5.74, 6) is -0.271. The predicted molar refractivity (Wildman–Crippen MR) is 105 cm³/mol. The summed E-state index contributed by atoms with van der Waals surface area (Å²) < 4.78 is 33.6. The van der Waals surface area contributed by atoms with Gasteiger partial charge in [0.05, 0.1) is 12.0 Å². The Balaban J connectivity index is 0.00000280. The number of nitrogens with one attached hydrogen (secondary N) is 3. The van der Waals surface area contributed by atoms with Crippen LogP contribution < -0.4 is 25.8 Å². The zero-order valence-electron chi connectivity index (χ0n) is 15.7. The number of hydrogen-bond donors (Lipinski definition) is 4. The van der Waals surface area contributed by atoms with Gasteiger partial charge in [-0.25, -0.2) is 17.9 Å². The molecule has 0 spiro atoms. The number of nitrogens with two attached hydrogens (primary N) is 1. The number of carbonyl (C=O) groups is 2. The van der Waals surface area contributed by atoms with E-state index >= 15 is 0 Å². The molecule has 0 aromatic heterocycles. The summed E-state index contributed by atoms with van der Waals surface area (Å²) in [6.07, 6.45) is 2.90. The first-order valence-electron chi connectivity index (χ1n) is 8.76. The highest BCUT2D eigenvalue weighted by Gasteiger charge is 2.45. The van der Waals surface area contributed by atoms with Crippen LogP contribution in [-0.4, -0.2) is 39.5 Å². The van der Waals surface area contributed by atoms with Crippen LogP contribution in [0.15, 0.2) is 23.1 Å². The van der Waals surface area contributed by atoms with Gasteiger partial charge in [-0.2, -0.15) is 0 Å². The minimum Gasteiger partial charge on any atom is -0.496 e. The van der Waals surface area contributed by atoms with Crippen molar-refractivity contribution in [2.24, 2.45) is 5.73 Å². The van der Waals surface area contributed by atoms with E-state index in [0.717, 1.165) is 12.8 Å². The van der Waals surface area contributed by atoms with Crippen LogP contribution in [0.5, 0.6) is 5.75 Å². The molecule has 9 nitrogen and oxygen atoms in total. The van der Waals surface area contributed by atoms with Crippen LogP contribution in [0.25, 0.3) is 0 Å². The highest BCUT2D eigenvalue weighted by atomic mass is 35.5. The van der Waals surface area contributed by atoms with E-state index in [1.54, 1.807) is 0 Å². The van der Waals surface area contributed by atoms with Gasteiger partial charge in [0.25, 0.3) is 5.91 Å². The Kier molecular flexibility index (Phi) is 6.59. The van der Waals surface area contributed by atoms with Gasteiger partial charge in [-0.05, 0) is 50.8 Å². The van der Waals surface area contributed by atoms with Crippen LogP contribution >= 0.6 is 12.4 Å². The number of amides is 3. The zero-order chi connectivity index (χ0) is 19.8. The highest BCUT2D eigenvalue weighted by Crippen LogP contribution is 2.34. The number of benzene rings is 1. The molecule has 1 saturated heterocycles. The molecule has 3 amide bonds. The Labute approximate surface area is 170 Å².